The molecule has 3 N–H and O–H groups in total. The van der Waals surface area contributed by atoms with Gasteiger partial charge in [0.2, 0.25) is 0 Å². The number of guanidine groups is 1. The number of nitrogens with zero attached hydrogens (tertiary/aromatic N) is 4. The van der Waals surface area contributed by atoms with Crippen molar-refractivity contribution in [2.24, 2.45) is 10.7 Å². The van der Waals surface area contributed by atoms with E-state index >= 15 is 0 Å². The Kier molecular flexibility index (Phi) is 5.09. The third kappa shape index (κ3) is 4.44. The molecule has 0 unspecified atom stereocenters. The Hall–Kier alpha value is -3.15. The summed E-state index contributed by atoms with van der Waals surface area (Å²) >= 11 is 0. The number of anilines is 1. The lowest BCUT2D eigenvalue weighted by Crippen LogP contribution is -2.22. The van der Waals surface area contributed by atoms with Gasteiger partial charge in [0.05, 0.1) is 12.2 Å². The first kappa shape index (κ1) is 16.7. The van der Waals surface area contributed by atoms with Crippen LogP contribution in [0.4, 0.5) is 5.69 Å². The van der Waals surface area contributed by atoms with Gasteiger partial charge in [0.15, 0.2) is 5.96 Å². The zero-order valence-corrected chi connectivity index (χ0v) is 14.4. The standard InChI is InChI=1S/C19H22N6/c1-14(2)16-4-3-5-17(10-16)24-19(20)22-11-15-6-8-18(9-7-15)25-13-21-12-23-25/h3-10,12-14H,11H2,1-2H3,(H3,20,22,24). The van der Waals surface area contributed by atoms with Crippen LogP contribution in [0.2, 0.25) is 0 Å². The van der Waals surface area contributed by atoms with Gasteiger partial charge in [0, 0.05) is 5.69 Å². The Morgan fingerprint density at radius 2 is 2.00 bits per heavy atom. The van der Waals surface area contributed by atoms with Crippen molar-refractivity contribution in [3.05, 3.63) is 72.3 Å². The molecular formula is C19H22N6. The molecule has 0 saturated carbocycles. The maximum Gasteiger partial charge on any atom is 0.193 e. The monoisotopic (exact) mass is 334 g/mol. The third-order valence-electron chi connectivity index (χ3n) is 3.88. The van der Waals surface area contributed by atoms with Gasteiger partial charge in [-0.2, -0.15) is 5.10 Å². The van der Waals surface area contributed by atoms with E-state index in [1.54, 1.807) is 11.0 Å². The average molecular weight is 334 g/mol. The van der Waals surface area contributed by atoms with Gasteiger partial charge >= 0.3 is 0 Å². The molecule has 0 aliphatic carbocycles. The third-order valence-corrected chi connectivity index (χ3v) is 3.88. The summed E-state index contributed by atoms with van der Waals surface area (Å²) in [5.41, 5.74) is 10.3. The maximum atomic E-state index is 6.00. The van der Waals surface area contributed by atoms with Gasteiger partial charge < -0.3 is 11.1 Å². The molecule has 0 aliphatic rings. The number of hydrogen-bond donors (Lipinski definition) is 2. The summed E-state index contributed by atoms with van der Waals surface area (Å²) in [6, 6.07) is 16.2. The van der Waals surface area contributed by atoms with Crippen LogP contribution in [-0.2, 0) is 6.54 Å². The van der Waals surface area contributed by atoms with Crippen LogP contribution < -0.4 is 11.1 Å². The van der Waals surface area contributed by atoms with E-state index < -0.39 is 0 Å². The lowest BCUT2D eigenvalue weighted by molar-refractivity contribution is 0.867. The van der Waals surface area contributed by atoms with E-state index in [9.17, 15) is 0 Å². The molecule has 1 heterocycles. The van der Waals surface area contributed by atoms with Crippen LogP contribution in [0.5, 0.6) is 0 Å². The lowest BCUT2D eigenvalue weighted by atomic mass is 10.0. The second-order valence-electron chi connectivity index (χ2n) is 6.11. The van der Waals surface area contributed by atoms with Crippen LogP contribution in [-0.4, -0.2) is 20.7 Å². The predicted molar refractivity (Wildman–Crippen MR) is 101 cm³/mol. The second kappa shape index (κ2) is 7.61. The molecule has 0 saturated heterocycles. The molecule has 3 rings (SSSR count). The van der Waals surface area contributed by atoms with Gasteiger partial charge in [-0.05, 0) is 41.3 Å². The van der Waals surface area contributed by atoms with Crippen molar-refractivity contribution in [1.29, 1.82) is 0 Å². The molecule has 0 bridgehead atoms. The Morgan fingerprint density at radius 3 is 2.68 bits per heavy atom. The summed E-state index contributed by atoms with van der Waals surface area (Å²) in [5.74, 6) is 0.879. The quantitative estimate of drug-likeness (QED) is 0.554. The van der Waals surface area contributed by atoms with E-state index in [4.69, 9.17) is 5.73 Å². The molecule has 0 fully saturated rings. The Morgan fingerprint density at radius 1 is 1.20 bits per heavy atom. The molecule has 2 aromatic carbocycles. The average Bonchev–Trinajstić information content (AvgIpc) is 3.15. The largest absolute Gasteiger partial charge is 0.370 e. The highest BCUT2D eigenvalue weighted by Gasteiger charge is 2.02. The first-order valence-electron chi connectivity index (χ1n) is 8.22. The van der Waals surface area contributed by atoms with Crippen LogP contribution in [0, 0.1) is 0 Å². The fourth-order valence-corrected chi connectivity index (χ4v) is 2.44. The van der Waals surface area contributed by atoms with Gasteiger partial charge in [-0.15, -0.1) is 0 Å². The van der Waals surface area contributed by atoms with E-state index in [1.165, 1.54) is 11.9 Å². The van der Waals surface area contributed by atoms with Gasteiger partial charge in [-0.1, -0.05) is 38.1 Å². The summed E-state index contributed by atoms with van der Waals surface area (Å²) in [6.07, 6.45) is 3.18. The number of rotatable bonds is 5. The molecule has 25 heavy (non-hydrogen) atoms. The number of benzene rings is 2. The molecule has 128 valence electrons. The molecular weight excluding hydrogens is 312 g/mol. The second-order valence-corrected chi connectivity index (χ2v) is 6.11. The summed E-state index contributed by atoms with van der Waals surface area (Å²) in [6.45, 7) is 4.85. The van der Waals surface area contributed by atoms with E-state index in [1.807, 2.05) is 36.4 Å². The normalized spacial score (nSPS) is 11.7. The smallest absolute Gasteiger partial charge is 0.193 e. The predicted octanol–water partition coefficient (Wildman–Crippen LogP) is 3.32. The topological polar surface area (TPSA) is 81.1 Å². The number of nitrogens with two attached hydrogens (primary N) is 1. The zero-order valence-electron chi connectivity index (χ0n) is 14.4. The molecule has 0 atom stereocenters. The Labute approximate surface area is 147 Å². The molecule has 3 aromatic rings. The highest BCUT2D eigenvalue weighted by atomic mass is 15.3. The SMILES string of the molecule is CC(C)c1cccc(NC(N)=NCc2ccc(-n3cncn3)cc2)c1. The number of hydrogen-bond acceptors (Lipinski definition) is 3. The Bertz CT molecular complexity index is 835. The lowest BCUT2D eigenvalue weighted by Gasteiger charge is -2.10. The van der Waals surface area contributed by atoms with Crippen molar-refractivity contribution in [3.8, 4) is 5.69 Å². The fourth-order valence-electron chi connectivity index (χ4n) is 2.44. The first-order chi connectivity index (χ1) is 12.1. The van der Waals surface area contributed by atoms with Gasteiger partial charge in [0.25, 0.3) is 0 Å². The minimum absolute atomic E-state index is 0.404. The number of nitrogens with one attached hydrogen (secondary N) is 1. The zero-order chi connectivity index (χ0) is 17.6. The molecule has 6 heteroatoms. The van der Waals surface area contributed by atoms with Crippen molar-refractivity contribution in [2.45, 2.75) is 26.3 Å². The van der Waals surface area contributed by atoms with E-state index in [2.05, 4.69) is 46.4 Å². The van der Waals surface area contributed by atoms with E-state index in [0.717, 1.165) is 16.9 Å². The van der Waals surface area contributed by atoms with Crippen molar-refractivity contribution in [1.82, 2.24) is 14.8 Å². The summed E-state index contributed by atoms with van der Waals surface area (Å²) in [4.78, 5) is 8.35. The molecule has 6 nitrogen and oxygen atoms in total. The highest BCUT2D eigenvalue weighted by molar-refractivity contribution is 5.92. The van der Waals surface area contributed by atoms with Gasteiger partial charge in [0.1, 0.15) is 12.7 Å². The molecule has 0 radical (unpaired) electrons. The van der Waals surface area contributed by atoms with Crippen LogP contribution in [0.1, 0.15) is 30.9 Å². The highest BCUT2D eigenvalue weighted by Crippen LogP contribution is 2.18. The van der Waals surface area contributed by atoms with E-state index in [0.29, 0.717) is 18.4 Å². The van der Waals surface area contributed by atoms with Crippen LogP contribution in [0.25, 0.3) is 5.69 Å². The van der Waals surface area contributed by atoms with Crippen LogP contribution >= 0.6 is 0 Å². The van der Waals surface area contributed by atoms with Crippen molar-refractivity contribution in [3.63, 3.8) is 0 Å². The van der Waals surface area contributed by atoms with Crippen LogP contribution in [0.15, 0.2) is 66.2 Å². The number of aromatic nitrogens is 3. The van der Waals surface area contributed by atoms with E-state index in [-0.39, 0.29) is 0 Å². The van der Waals surface area contributed by atoms with Crippen molar-refractivity contribution in [2.75, 3.05) is 5.32 Å². The summed E-state index contributed by atoms with van der Waals surface area (Å²) in [5, 5.41) is 7.25. The Balaban J connectivity index is 1.62. The maximum absolute atomic E-state index is 6.00. The minimum Gasteiger partial charge on any atom is -0.370 e. The summed E-state index contributed by atoms with van der Waals surface area (Å²) in [7, 11) is 0. The minimum atomic E-state index is 0.404. The van der Waals surface area contributed by atoms with Gasteiger partial charge in [-0.25, -0.2) is 14.7 Å². The number of aliphatic imine (C=N–C) groups is 1. The molecule has 1 aromatic heterocycles. The first-order valence-corrected chi connectivity index (χ1v) is 8.22. The summed E-state index contributed by atoms with van der Waals surface area (Å²) < 4.78 is 1.71. The molecule has 0 amide bonds. The van der Waals surface area contributed by atoms with Crippen molar-refractivity contribution >= 4 is 11.6 Å². The molecule has 0 spiro atoms. The fraction of sp³-hybridized carbons (Fsp3) is 0.211. The van der Waals surface area contributed by atoms with Crippen molar-refractivity contribution < 1.29 is 0 Å². The van der Waals surface area contributed by atoms with Gasteiger partial charge in [-0.3, -0.25) is 0 Å². The molecule has 0 aliphatic heterocycles. The van der Waals surface area contributed by atoms with Crippen LogP contribution in [0.3, 0.4) is 0 Å².